The molecule has 19 heavy (non-hydrogen) atoms. The number of nitrogens with two attached hydrogens (primary N) is 1. The molecule has 0 spiro atoms. The molecule has 1 unspecified atom stereocenters. The van der Waals surface area contributed by atoms with Crippen LogP contribution >= 0.6 is 0 Å². The molecule has 0 aliphatic carbocycles. The number of rotatable bonds is 7. The van der Waals surface area contributed by atoms with E-state index < -0.39 is 26.6 Å². The van der Waals surface area contributed by atoms with Crippen LogP contribution in [0.15, 0.2) is 23.1 Å². The summed E-state index contributed by atoms with van der Waals surface area (Å²) in [5, 5.41) is 0. The summed E-state index contributed by atoms with van der Waals surface area (Å²) in [6, 6.07) is 1.97. The fraction of sp³-hybridized carbons (Fsp3) is 0.455. The molecule has 0 aromatic heterocycles. The Balaban J connectivity index is 2.66. The van der Waals surface area contributed by atoms with E-state index in [1.54, 1.807) is 0 Å². The lowest BCUT2D eigenvalue weighted by Crippen LogP contribution is -2.33. The second kappa shape index (κ2) is 6.90. The van der Waals surface area contributed by atoms with Crippen LogP contribution in [0.25, 0.3) is 0 Å². The molecule has 0 fully saturated rings. The Hall–Kier alpha value is -1.09. The molecule has 0 saturated carbocycles. The van der Waals surface area contributed by atoms with Crippen molar-refractivity contribution in [2.75, 3.05) is 20.3 Å². The summed E-state index contributed by atoms with van der Waals surface area (Å²) in [4.78, 5) is -0.589. The number of halogens is 2. The highest BCUT2D eigenvalue weighted by molar-refractivity contribution is 7.89. The molecule has 0 aliphatic rings. The summed E-state index contributed by atoms with van der Waals surface area (Å²) in [5.41, 5.74) is 5.62. The molecule has 1 aromatic carbocycles. The minimum atomic E-state index is -4.01. The normalized spacial score (nSPS) is 13.5. The molecule has 0 aliphatic heterocycles. The molecule has 5 nitrogen and oxygen atoms in total. The largest absolute Gasteiger partial charge is 0.383 e. The van der Waals surface area contributed by atoms with E-state index in [-0.39, 0.29) is 12.6 Å². The number of methoxy groups -OCH3 is 1. The van der Waals surface area contributed by atoms with Crippen LogP contribution in [0.1, 0.15) is 6.42 Å². The van der Waals surface area contributed by atoms with Gasteiger partial charge in [0.15, 0.2) is 0 Å². The van der Waals surface area contributed by atoms with Gasteiger partial charge in [0.05, 0.1) is 6.61 Å². The van der Waals surface area contributed by atoms with Crippen molar-refractivity contribution < 1.29 is 21.9 Å². The molecular formula is C11H16F2N2O3S. The summed E-state index contributed by atoms with van der Waals surface area (Å²) in [6.07, 6.45) is 0.343. The predicted molar refractivity (Wildman–Crippen MR) is 66.0 cm³/mol. The summed E-state index contributed by atoms with van der Waals surface area (Å²) in [5.74, 6) is -1.97. The van der Waals surface area contributed by atoms with Crippen LogP contribution in [-0.4, -0.2) is 34.7 Å². The van der Waals surface area contributed by atoms with E-state index in [1.165, 1.54) is 7.11 Å². The third-order valence-corrected chi connectivity index (χ3v) is 3.87. The van der Waals surface area contributed by atoms with Crippen LogP contribution in [0.5, 0.6) is 0 Å². The molecule has 8 heteroatoms. The van der Waals surface area contributed by atoms with Gasteiger partial charge in [0.2, 0.25) is 10.0 Å². The fourth-order valence-corrected chi connectivity index (χ4v) is 2.55. The molecule has 0 heterocycles. The van der Waals surface area contributed by atoms with Crippen LogP contribution in [0.3, 0.4) is 0 Å². The number of nitrogens with one attached hydrogen (secondary N) is 1. The average molecular weight is 294 g/mol. The molecule has 0 amide bonds. The lowest BCUT2D eigenvalue weighted by molar-refractivity contribution is 0.177. The van der Waals surface area contributed by atoms with Crippen molar-refractivity contribution in [2.45, 2.75) is 17.4 Å². The highest BCUT2D eigenvalue weighted by Crippen LogP contribution is 2.15. The van der Waals surface area contributed by atoms with E-state index in [2.05, 4.69) is 4.72 Å². The molecule has 0 bridgehead atoms. The first kappa shape index (κ1) is 16.0. The molecule has 0 radical (unpaired) electrons. The first-order valence-electron chi connectivity index (χ1n) is 5.56. The number of hydrogen-bond acceptors (Lipinski definition) is 4. The number of hydrogen-bond donors (Lipinski definition) is 2. The zero-order valence-corrected chi connectivity index (χ0v) is 11.2. The minimum Gasteiger partial charge on any atom is -0.383 e. The smallest absolute Gasteiger partial charge is 0.243 e. The molecule has 1 atom stereocenters. The number of sulfonamides is 1. The maximum Gasteiger partial charge on any atom is 0.243 e. The molecule has 3 N–H and O–H groups in total. The SMILES string of the molecule is COCC(N)CCNS(=O)(=O)c1ccc(F)cc1F. The van der Waals surface area contributed by atoms with Gasteiger partial charge in [0, 0.05) is 25.8 Å². The molecular weight excluding hydrogens is 278 g/mol. The van der Waals surface area contributed by atoms with Crippen LogP contribution < -0.4 is 10.5 Å². The lowest BCUT2D eigenvalue weighted by Gasteiger charge is -2.11. The molecule has 0 saturated heterocycles. The topological polar surface area (TPSA) is 81.4 Å². The van der Waals surface area contributed by atoms with Gasteiger partial charge in [-0.3, -0.25) is 0 Å². The van der Waals surface area contributed by atoms with Crippen molar-refractivity contribution in [3.05, 3.63) is 29.8 Å². The van der Waals surface area contributed by atoms with Gasteiger partial charge in [-0.05, 0) is 18.6 Å². The third kappa shape index (κ3) is 4.83. The van der Waals surface area contributed by atoms with Crippen molar-refractivity contribution in [1.29, 1.82) is 0 Å². The average Bonchev–Trinajstić information content (AvgIpc) is 2.28. The first-order chi connectivity index (χ1) is 8.86. The molecule has 1 rings (SSSR count). The van der Waals surface area contributed by atoms with Crippen molar-refractivity contribution in [3.63, 3.8) is 0 Å². The summed E-state index contributed by atoms with van der Waals surface area (Å²) in [7, 11) is -2.52. The predicted octanol–water partition coefficient (Wildman–Crippen LogP) is 0.607. The van der Waals surface area contributed by atoms with Crippen LogP contribution in [0.2, 0.25) is 0 Å². The first-order valence-corrected chi connectivity index (χ1v) is 7.04. The van der Waals surface area contributed by atoms with E-state index >= 15 is 0 Å². The van der Waals surface area contributed by atoms with E-state index in [0.717, 1.165) is 12.1 Å². The molecule has 1 aromatic rings. The quantitative estimate of drug-likeness (QED) is 0.772. The standard InChI is InChI=1S/C11H16F2N2O3S/c1-18-7-9(14)4-5-15-19(16,17)11-3-2-8(12)6-10(11)13/h2-3,6,9,15H,4-5,7,14H2,1H3. The van der Waals surface area contributed by atoms with Gasteiger partial charge in [-0.1, -0.05) is 0 Å². The second-order valence-corrected chi connectivity index (χ2v) is 5.71. The van der Waals surface area contributed by atoms with Crippen molar-refractivity contribution in [3.8, 4) is 0 Å². The van der Waals surface area contributed by atoms with Crippen molar-refractivity contribution in [1.82, 2.24) is 4.72 Å². The van der Waals surface area contributed by atoms with Gasteiger partial charge in [-0.25, -0.2) is 21.9 Å². The van der Waals surface area contributed by atoms with E-state index in [4.69, 9.17) is 10.5 Å². The number of ether oxygens (including phenoxy) is 1. The fourth-order valence-electron chi connectivity index (χ4n) is 1.45. The minimum absolute atomic E-state index is 0.0453. The Morgan fingerprint density at radius 2 is 2.11 bits per heavy atom. The van der Waals surface area contributed by atoms with Crippen LogP contribution in [0, 0.1) is 11.6 Å². The third-order valence-electron chi connectivity index (χ3n) is 2.37. The Morgan fingerprint density at radius 3 is 2.68 bits per heavy atom. The maximum absolute atomic E-state index is 13.3. The zero-order valence-electron chi connectivity index (χ0n) is 10.4. The van der Waals surface area contributed by atoms with E-state index in [0.29, 0.717) is 19.1 Å². The second-order valence-electron chi connectivity index (χ2n) is 3.98. The summed E-state index contributed by atoms with van der Waals surface area (Å²) >= 11 is 0. The summed E-state index contributed by atoms with van der Waals surface area (Å²) < 4.78 is 56.6. The number of benzene rings is 1. The Morgan fingerprint density at radius 1 is 1.42 bits per heavy atom. The van der Waals surface area contributed by atoms with E-state index in [9.17, 15) is 17.2 Å². The van der Waals surface area contributed by atoms with Crippen molar-refractivity contribution >= 4 is 10.0 Å². The van der Waals surface area contributed by atoms with Gasteiger partial charge < -0.3 is 10.5 Å². The molecule has 108 valence electrons. The van der Waals surface area contributed by atoms with Gasteiger partial charge in [0.1, 0.15) is 16.5 Å². The highest BCUT2D eigenvalue weighted by atomic mass is 32.2. The van der Waals surface area contributed by atoms with Gasteiger partial charge in [0.25, 0.3) is 0 Å². The zero-order chi connectivity index (χ0) is 14.5. The van der Waals surface area contributed by atoms with E-state index in [1.807, 2.05) is 0 Å². The Labute approximate surface area is 110 Å². The highest BCUT2D eigenvalue weighted by Gasteiger charge is 2.19. The maximum atomic E-state index is 13.3. The van der Waals surface area contributed by atoms with Gasteiger partial charge in [-0.15, -0.1) is 0 Å². The van der Waals surface area contributed by atoms with Crippen molar-refractivity contribution in [2.24, 2.45) is 5.73 Å². The van der Waals surface area contributed by atoms with Crippen LogP contribution in [-0.2, 0) is 14.8 Å². The lowest BCUT2D eigenvalue weighted by atomic mass is 10.2. The summed E-state index contributed by atoms with van der Waals surface area (Å²) in [6.45, 7) is 0.344. The van der Waals surface area contributed by atoms with Gasteiger partial charge >= 0.3 is 0 Å². The van der Waals surface area contributed by atoms with Gasteiger partial charge in [-0.2, -0.15) is 0 Å². The monoisotopic (exact) mass is 294 g/mol. The van der Waals surface area contributed by atoms with Crippen LogP contribution in [0.4, 0.5) is 8.78 Å². The Bertz CT molecular complexity index is 523. The Kier molecular flexibility index (Phi) is 5.80.